The van der Waals surface area contributed by atoms with Gasteiger partial charge in [-0.1, -0.05) is 85.5 Å². The molecule has 22 heavy (non-hydrogen) atoms. The fourth-order valence-electron chi connectivity index (χ4n) is 3.60. The SMILES string of the molecule is CCCCCCCC(CCCC)C(C)(CCCC)C(C)(O)O. The summed E-state index contributed by atoms with van der Waals surface area (Å²) in [7, 11) is 0. The predicted octanol–water partition coefficient (Wildman–Crippen LogP) is 6.05. The molecular weight excluding hydrogens is 272 g/mol. The minimum Gasteiger partial charge on any atom is -0.365 e. The second-order valence-electron chi connectivity index (χ2n) is 7.58. The molecule has 0 aliphatic heterocycles. The molecule has 0 aliphatic carbocycles. The fourth-order valence-corrected chi connectivity index (χ4v) is 3.60. The highest BCUT2D eigenvalue weighted by atomic mass is 16.5. The van der Waals surface area contributed by atoms with Gasteiger partial charge in [-0.2, -0.15) is 0 Å². The molecule has 134 valence electrons. The molecule has 2 N–H and O–H groups in total. The molecular formula is C20H42O2. The van der Waals surface area contributed by atoms with Crippen molar-refractivity contribution in [2.24, 2.45) is 11.3 Å². The van der Waals surface area contributed by atoms with E-state index in [0.29, 0.717) is 5.92 Å². The van der Waals surface area contributed by atoms with Crippen LogP contribution in [0.5, 0.6) is 0 Å². The molecule has 0 heterocycles. The maximum absolute atomic E-state index is 10.4. The molecule has 0 aliphatic rings. The van der Waals surface area contributed by atoms with Crippen LogP contribution in [0.1, 0.15) is 112 Å². The average molecular weight is 315 g/mol. The van der Waals surface area contributed by atoms with Gasteiger partial charge in [-0.15, -0.1) is 0 Å². The van der Waals surface area contributed by atoms with E-state index in [9.17, 15) is 10.2 Å². The maximum Gasteiger partial charge on any atom is 0.165 e. The van der Waals surface area contributed by atoms with Crippen molar-refractivity contribution in [3.63, 3.8) is 0 Å². The summed E-state index contributed by atoms with van der Waals surface area (Å²) in [6.45, 7) is 10.3. The minimum absolute atomic E-state index is 0.386. The van der Waals surface area contributed by atoms with Crippen molar-refractivity contribution >= 4 is 0 Å². The largest absolute Gasteiger partial charge is 0.365 e. The zero-order valence-corrected chi connectivity index (χ0v) is 16.0. The highest BCUT2D eigenvalue weighted by Gasteiger charge is 2.46. The van der Waals surface area contributed by atoms with E-state index in [1.54, 1.807) is 6.92 Å². The molecule has 0 radical (unpaired) electrons. The summed E-state index contributed by atoms with van der Waals surface area (Å²) in [6, 6.07) is 0. The standard InChI is InChI=1S/C20H42O2/c1-6-9-12-13-14-16-18(15-10-7-2)19(4,17-11-8-3)20(5,21)22/h18,21-22H,6-17H2,1-5H3. The third-order valence-corrected chi connectivity index (χ3v) is 5.59. The van der Waals surface area contributed by atoms with Gasteiger partial charge in [0.25, 0.3) is 0 Å². The Morgan fingerprint density at radius 2 is 1.18 bits per heavy atom. The molecule has 2 nitrogen and oxygen atoms in total. The number of unbranched alkanes of at least 4 members (excludes halogenated alkanes) is 6. The van der Waals surface area contributed by atoms with E-state index in [-0.39, 0.29) is 5.41 Å². The van der Waals surface area contributed by atoms with E-state index in [4.69, 9.17) is 0 Å². The first-order valence-electron chi connectivity index (χ1n) is 9.78. The van der Waals surface area contributed by atoms with Gasteiger partial charge in [-0.25, -0.2) is 0 Å². The molecule has 0 bridgehead atoms. The van der Waals surface area contributed by atoms with Crippen LogP contribution >= 0.6 is 0 Å². The van der Waals surface area contributed by atoms with Gasteiger partial charge in [-0.05, 0) is 32.1 Å². The van der Waals surface area contributed by atoms with Crippen molar-refractivity contribution in [3.8, 4) is 0 Å². The molecule has 0 amide bonds. The van der Waals surface area contributed by atoms with E-state index >= 15 is 0 Å². The molecule has 0 fully saturated rings. The fraction of sp³-hybridized carbons (Fsp3) is 1.00. The Hall–Kier alpha value is -0.0800. The molecule has 0 spiro atoms. The van der Waals surface area contributed by atoms with Gasteiger partial charge in [-0.3, -0.25) is 0 Å². The zero-order valence-electron chi connectivity index (χ0n) is 16.0. The van der Waals surface area contributed by atoms with Crippen LogP contribution in [0, 0.1) is 11.3 Å². The first-order chi connectivity index (χ1) is 10.3. The Labute approximate surface area is 139 Å². The van der Waals surface area contributed by atoms with Crippen LogP contribution in [0.25, 0.3) is 0 Å². The van der Waals surface area contributed by atoms with Crippen LogP contribution in [0.4, 0.5) is 0 Å². The normalized spacial score (nSPS) is 16.5. The topological polar surface area (TPSA) is 40.5 Å². The van der Waals surface area contributed by atoms with E-state index in [2.05, 4.69) is 27.7 Å². The molecule has 2 unspecified atom stereocenters. The van der Waals surface area contributed by atoms with E-state index in [0.717, 1.165) is 32.1 Å². The lowest BCUT2D eigenvalue weighted by Crippen LogP contribution is -2.49. The smallest absolute Gasteiger partial charge is 0.165 e. The summed E-state index contributed by atoms with van der Waals surface area (Å²) in [5.74, 6) is -1.16. The van der Waals surface area contributed by atoms with Crippen molar-refractivity contribution in [2.45, 2.75) is 117 Å². The molecule has 2 heteroatoms. The molecule has 0 saturated carbocycles. The van der Waals surface area contributed by atoms with Gasteiger partial charge < -0.3 is 10.2 Å². The molecule has 0 aromatic heterocycles. The van der Waals surface area contributed by atoms with Crippen molar-refractivity contribution in [3.05, 3.63) is 0 Å². The monoisotopic (exact) mass is 314 g/mol. The van der Waals surface area contributed by atoms with Crippen molar-refractivity contribution in [2.75, 3.05) is 0 Å². The summed E-state index contributed by atoms with van der Waals surface area (Å²) in [4.78, 5) is 0. The molecule has 0 aromatic rings. The second-order valence-corrected chi connectivity index (χ2v) is 7.58. The Balaban J connectivity index is 4.81. The van der Waals surface area contributed by atoms with E-state index in [1.807, 2.05) is 0 Å². The summed E-state index contributed by atoms with van der Waals surface area (Å²) >= 11 is 0. The van der Waals surface area contributed by atoms with Gasteiger partial charge in [0.2, 0.25) is 0 Å². The van der Waals surface area contributed by atoms with Crippen LogP contribution in [0.2, 0.25) is 0 Å². The predicted molar refractivity (Wildman–Crippen MR) is 96.9 cm³/mol. The number of hydrogen-bond donors (Lipinski definition) is 2. The third kappa shape index (κ3) is 7.46. The Morgan fingerprint density at radius 1 is 0.682 bits per heavy atom. The molecule has 0 saturated heterocycles. The lowest BCUT2D eigenvalue weighted by Gasteiger charge is -2.45. The molecule has 0 rings (SSSR count). The first-order valence-corrected chi connectivity index (χ1v) is 9.78. The summed E-state index contributed by atoms with van der Waals surface area (Å²) in [6.07, 6.45) is 14.2. The van der Waals surface area contributed by atoms with Crippen LogP contribution in [-0.4, -0.2) is 16.0 Å². The number of aliphatic hydroxyl groups is 2. The quantitative estimate of drug-likeness (QED) is 0.302. The zero-order chi connectivity index (χ0) is 17.1. The van der Waals surface area contributed by atoms with E-state index in [1.165, 1.54) is 44.9 Å². The van der Waals surface area contributed by atoms with Crippen LogP contribution in [-0.2, 0) is 0 Å². The van der Waals surface area contributed by atoms with Gasteiger partial charge in [0.1, 0.15) is 0 Å². The lowest BCUT2D eigenvalue weighted by atomic mass is 9.64. The van der Waals surface area contributed by atoms with E-state index < -0.39 is 5.79 Å². The van der Waals surface area contributed by atoms with Gasteiger partial charge in [0, 0.05) is 5.41 Å². The molecule has 2 atom stereocenters. The van der Waals surface area contributed by atoms with Crippen molar-refractivity contribution < 1.29 is 10.2 Å². The van der Waals surface area contributed by atoms with Crippen molar-refractivity contribution in [1.82, 2.24) is 0 Å². The number of hydrogen-bond acceptors (Lipinski definition) is 2. The van der Waals surface area contributed by atoms with Crippen LogP contribution < -0.4 is 0 Å². The average Bonchev–Trinajstić information content (AvgIpc) is 2.46. The number of rotatable bonds is 14. The van der Waals surface area contributed by atoms with Gasteiger partial charge >= 0.3 is 0 Å². The van der Waals surface area contributed by atoms with Gasteiger partial charge in [0.15, 0.2) is 5.79 Å². The van der Waals surface area contributed by atoms with Gasteiger partial charge in [0.05, 0.1) is 0 Å². The second kappa shape index (κ2) is 11.5. The highest BCUT2D eigenvalue weighted by molar-refractivity contribution is 4.91. The minimum atomic E-state index is -1.58. The maximum atomic E-state index is 10.4. The Bertz CT molecular complexity index is 257. The first kappa shape index (κ1) is 21.9. The lowest BCUT2D eigenvalue weighted by molar-refractivity contribution is -0.246. The summed E-state index contributed by atoms with van der Waals surface area (Å²) in [5, 5.41) is 20.9. The summed E-state index contributed by atoms with van der Waals surface area (Å²) in [5.41, 5.74) is -0.386. The Kier molecular flexibility index (Phi) is 11.4. The van der Waals surface area contributed by atoms with Crippen molar-refractivity contribution in [1.29, 1.82) is 0 Å². The molecule has 0 aromatic carbocycles. The highest BCUT2D eigenvalue weighted by Crippen LogP contribution is 2.46. The van der Waals surface area contributed by atoms with Crippen LogP contribution in [0.15, 0.2) is 0 Å². The van der Waals surface area contributed by atoms with Crippen LogP contribution in [0.3, 0.4) is 0 Å². The third-order valence-electron chi connectivity index (χ3n) is 5.59. The Morgan fingerprint density at radius 3 is 1.68 bits per heavy atom. The summed E-state index contributed by atoms with van der Waals surface area (Å²) < 4.78 is 0.